The highest BCUT2D eigenvalue weighted by molar-refractivity contribution is 7.17. The molecule has 0 radical (unpaired) electrons. The molecule has 8 nitrogen and oxygen atoms in total. The summed E-state index contributed by atoms with van der Waals surface area (Å²) in [7, 11) is 0. The highest BCUT2D eigenvalue weighted by Gasteiger charge is 2.16. The van der Waals surface area contributed by atoms with Crippen molar-refractivity contribution in [2.24, 2.45) is 0 Å². The van der Waals surface area contributed by atoms with E-state index in [4.69, 9.17) is 14.7 Å². The van der Waals surface area contributed by atoms with E-state index in [0.29, 0.717) is 11.6 Å². The standard InChI is InChI=1S/C29H28N6O2S/c36-26(32-22-6-2-1-3-7-22)18-37-24-8-4-5-20(15-24)28-34-25-13-14-38-27(25)29(35-28)33-23-11-9-19(10-12-23)21-16-30-31-17-21/h4-5,8-17,22H,1-3,6-7,18H2,(H,30,31)(H,32,36)(H,33,34,35). The molecule has 2 aromatic carbocycles. The summed E-state index contributed by atoms with van der Waals surface area (Å²) >= 11 is 1.60. The number of hydrogen-bond donors (Lipinski definition) is 3. The summed E-state index contributed by atoms with van der Waals surface area (Å²) in [5.74, 6) is 1.86. The minimum atomic E-state index is -0.0801. The average Bonchev–Trinajstić information content (AvgIpc) is 3.66. The topological polar surface area (TPSA) is 105 Å². The molecule has 3 aromatic heterocycles. The lowest BCUT2D eigenvalue weighted by atomic mass is 9.95. The van der Waals surface area contributed by atoms with E-state index in [-0.39, 0.29) is 18.6 Å². The largest absolute Gasteiger partial charge is 0.484 e. The molecule has 3 heterocycles. The third kappa shape index (κ3) is 5.52. The molecule has 9 heteroatoms. The molecule has 3 N–H and O–H groups in total. The molecule has 6 rings (SSSR count). The van der Waals surface area contributed by atoms with Gasteiger partial charge >= 0.3 is 0 Å². The maximum absolute atomic E-state index is 12.4. The lowest BCUT2D eigenvalue weighted by molar-refractivity contribution is -0.124. The Bertz CT molecular complexity index is 1520. The Morgan fingerprint density at radius 3 is 2.68 bits per heavy atom. The summed E-state index contributed by atoms with van der Waals surface area (Å²) in [5.41, 5.74) is 4.74. The molecule has 0 atom stereocenters. The molecule has 1 aliphatic rings. The molecule has 0 bridgehead atoms. The van der Waals surface area contributed by atoms with Crippen molar-refractivity contribution in [2.75, 3.05) is 11.9 Å². The van der Waals surface area contributed by atoms with Gasteiger partial charge in [-0.3, -0.25) is 9.89 Å². The van der Waals surface area contributed by atoms with E-state index < -0.39 is 0 Å². The molecule has 1 fully saturated rings. The van der Waals surface area contributed by atoms with E-state index in [1.165, 1.54) is 19.3 Å². The van der Waals surface area contributed by atoms with Crippen molar-refractivity contribution in [3.63, 3.8) is 0 Å². The summed E-state index contributed by atoms with van der Waals surface area (Å²) < 4.78 is 6.81. The van der Waals surface area contributed by atoms with Crippen LogP contribution in [0.15, 0.2) is 72.4 Å². The highest BCUT2D eigenvalue weighted by Crippen LogP contribution is 2.32. The van der Waals surface area contributed by atoms with Crippen LogP contribution in [0.2, 0.25) is 0 Å². The van der Waals surface area contributed by atoms with E-state index in [1.54, 1.807) is 17.5 Å². The summed E-state index contributed by atoms with van der Waals surface area (Å²) in [5, 5.41) is 15.4. The second-order valence-electron chi connectivity index (χ2n) is 9.44. The van der Waals surface area contributed by atoms with Crippen LogP contribution in [0.5, 0.6) is 5.75 Å². The second-order valence-corrected chi connectivity index (χ2v) is 10.4. The van der Waals surface area contributed by atoms with Gasteiger partial charge in [0.05, 0.1) is 16.4 Å². The van der Waals surface area contributed by atoms with E-state index in [1.807, 2.05) is 66.2 Å². The number of aromatic nitrogens is 4. The number of nitrogens with one attached hydrogen (secondary N) is 3. The first-order valence-electron chi connectivity index (χ1n) is 12.9. The number of carbonyl (C=O) groups is 1. The number of thiophene rings is 1. The van der Waals surface area contributed by atoms with Crippen LogP contribution in [0.3, 0.4) is 0 Å². The zero-order valence-electron chi connectivity index (χ0n) is 20.8. The van der Waals surface area contributed by atoms with Crippen molar-refractivity contribution in [1.29, 1.82) is 0 Å². The molecule has 192 valence electrons. The van der Waals surface area contributed by atoms with Crippen molar-refractivity contribution < 1.29 is 9.53 Å². The van der Waals surface area contributed by atoms with Gasteiger partial charge in [0.1, 0.15) is 5.75 Å². The Morgan fingerprint density at radius 1 is 1.00 bits per heavy atom. The minimum absolute atomic E-state index is 0.00794. The number of nitrogens with zero attached hydrogens (tertiary/aromatic N) is 3. The molecule has 1 aliphatic carbocycles. The fourth-order valence-electron chi connectivity index (χ4n) is 4.76. The number of benzene rings is 2. The smallest absolute Gasteiger partial charge is 0.258 e. The predicted molar refractivity (Wildman–Crippen MR) is 151 cm³/mol. The molecule has 1 amide bonds. The van der Waals surface area contributed by atoms with E-state index in [9.17, 15) is 4.79 Å². The second kappa shape index (κ2) is 11.0. The molecule has 38 heavy (non-hydrogen) atoms. The summed E-state index contributed by atoms with van der Waals surface area (Å²) in [6.07, 6.45) is 9.38. The Balaban J connectivity index is 1.18. The minimum Gasteiger partial charge on any atom is -0.484 e. The number of fused-ring (bicyclic) bond motifs is 1. The van der Waals surface area contributed by atoms with Crippen LogP contribution in [0, 0.1) is 0 Å². The number of amides is 1. The van der Waals surface area contributed by atoms with Gasteiger partial charge in [-0.2, -0.15) is 5.10 Å². The zero-order valence-corrected chi connectivity index (χ0v) is 21.6. The Kier molecular flexibility index (Phi) is 6.99. The molecule has 0 saturated heterocycles. The maximum atomic E-state index is 12.4. The quantitative estimate of drug-likeness (QED) is 0.219. The molecule has 0 spiro atoms. The van der Waals surface area contributed by atoms with Gasteiger partial charge in [-0.15, -0.1) is 11.3 Å². The summed E-state index contributed by atoms with van der Waals surface area (Å²) in [4.78, 5) is 22.0. The van der Waals surface area contributed by atoms with E-state index >= 15 is 0 Å². The number of ether oxygens (including phenoxy) is 1. The van der Waals surface area contributed by atoms with Crippen LogP contribution in [0.4, 0.5) is 11.5 Å². The average molecular weight is 525 g/mol. The van der Waals surface area contributed by atoms with Crippen LogP contribution < -0.4 is 15.4 Å². The van der Waals surface area contributed by atoms with Crippen LogP contribution in [-0.4, -0.2) is 38.7 Å². The van der Waals surface area contributed by atoms with Gasteiger partial charge in [0.2, 0.25) is 0 Å². The van der Waals surface area contributed by atoms with Crippen molar-refractivity contribution in [3.8, 4) is 28.3 Å². The highest BCUT2D eigenvalue weighted by atomic mass is 32.1. The Hall–Kier alpha value is -4.24. The number of H-pyrrole nitrogens is 1. The number of anilines is 2. The van der Waals surface area contributed by atoms with Crippen molar-refractivity contribution in [3.05, 3.63) is 72.4 Å². The number of carbonyl (C=O) groups excluding carboxylic acids is 1. The van der Waals surface area contributed by atoms with Gasteiger partial charge in [-0.25, -0.2) is 9.97 Å². The van der Waals surface area contributed by atoms with Crippen molar-refractivity contribution in [1.82, 2.24) is 25.5 Å². The van der Waals surface area contributed by atoms with Crippen LogP contribution in [0.25, 0.3) is 32.7 Å². The van der Waals surface area contributed by atoms with Crippen LogP contribution in [0.1, 0.15) is 32.1 Å². The molecule has 5 aromatic rings. The van der Waals surface area contributed by atoms with Crippen molar-refractivity contribution in [2.45, 2.75) is 38.1 Å². The SMILES string of the molecule is O=C(COc1cccc(-c2nc(Nc3ccc(-c4cn[nH]c4)cc3)c3sccc3n2)c1)NC1CCCCC1. The first kappa shape index (κ1) is 24.1. The van der Waals surface area contributed by atoms with Gasteiger partial charge in [0.25, 0.3) is 5.91 Å². The normalized spacial score (nSPS) is 13.9. The Labute approximate surface area is 224 Å². The number of hydrogen-bond acceptors (Lipinski definition) is 7. The molecular formula is C29H28N6O2S. The molecular weight excluding hydrogens is 496 g/mol. The van der Waals surface area contributed by atoms with Crippen LogP contribution in [-0.2, 0) is 4.79 Å². The monoisotopic (exact) mass is 524 g/mol. The van der Waals surface area contributed by atoms with Gasteiger partial charge in [-0.05, 0) is 54.1 Å². The Morgan fingerprint density at radius 2 is 1.87 bits per heavy atom. The van der Waals surface area contributed by atoms with E-state index in [0.717, 1.165) is 51.3 Å². The first-order chi connectivity index (χ1) is 18.7. The first-order valence-corrected chi connectivity index (χ1v) is 13.7. The third-order valence-corrected chi connectivity index (χ3v) is 7.63. The number of rotatable bonds is 8. The molecule has 1 saturated carbocycles. The van der Waals surface area contributed by atoms with Gasteiger partial charge < -0.3 is 15.4 Å². The van der Waals surface area contributed by atoms with E-state index in [2.05, 4.69) is 20.8 Å². The van der Waals surface area contributed by atoms with Crippen molar-refractivity contribution >= 4 is 39.0 Å². The lowest BCUT2D eigenvalue weighted by Gasteiger charge is -2.22. The van der Waals surface area contributed by atoms with Gasteiger partial charge in [0, 0.05) is 29.1 Å². The maximum Gasteiger partial charge on any atom is 0.258 e. The van der Waals surface area contributed by atoms with Crippen LogP contribution >= 0.6 is 11.3 Å². The lowest BCUT2D eigenvalue weighted by Crippen LogP contribution is -2.38. The zero-order chi connectivity index (χ0) is 25.7. The predicted octanol–water partition coefficient (Wildman–Crippen LogP) is 6.32. The molecule has 0 unspecified atom stereocenters. The molecule has 0 aliphatic heterocycles. The van der Waals surface area contributed by atoms with Gasteiger partial charge in [-0.1, -0.05) is 43.5 Å². The summed E-state index contributed by atoms with van der Waals surface area (Å²) in [6, 6.07) is 18.0. The fourth-order valence-corrected chi connectivity index (χ4v) is 5.53. The number of aromatic amines is 1. The van der Waals surface area contributed by atoms with Gasteiger partial charge in [0.15, 0.2) is 18.2 Å². The summed E-state index contributed by atoms with van der Waals surface area (Å²) in [6.45, 7) is -0.00794. The fraction of sp³-hybridized carbons (Fsp3) is 0.241. The third-order valence-electron chi connectivity index (χ3n) is 6.72.